The van der Waals surface area contributed by atoms with Crippen molar-refractivity contribution < 1.29 is 0 Å². The maximum Gasteiger partial charge on any atom is 0.149 e. The molecule has 19 heavy (non-hydrogen) atoms. The Balaban J connectivity index is 1.92. The molecule has 0 unspecified atom stereocenters. The van der Waals surface area contributed by atoms with E-state index in [0.717, 1.165) is 17.9 Å². The lowest BCUT2D eigenvalue weighted by molar-refractivity contribution is 0.687. The Morgan fingerprint density at radius 1 is 1.00 bits per heavy atom. The van der Waals surface area contributed by atoms with Crippen LogP contribution < -0.4 is 16.8 Å². The molecule has 1 aliphatic rings. The van der Waals surface area contributed by atoms with Crippen molar-refractivity contribution in [3.8, 4) is 0 Å². The molecule has 0 saturated carbocycles. The summed E-state index contributed by atoms with van der Waals surface area (Å²) in [6.07, 6.45) is 4.83. The van der Waals surface area contributed by atoms with Gasteiger partial charge in [0.15, 0.2) is 0 Å². The summed E-state index contributed by atoms with van der Waals surface area (Å²) in [5, 5.41) is 3.35. The molecule has 3 rings (SSSR count). The van der Waals surface area contributed by atoms with E-state index in [0.29, 0.717) is 11.5 Å². The van der Waals surface area contributed by atoms with Gasteiger partial charge in [-0.1, -0.05) is 12.1 Å². The quantitative estimate of drug-likeness (QED) is 0.770. The molecule has 0 fully saturated rings. The number of anilines is 4. The summed E-state index contributed by atoms with van der Waals surface area (Å²) in [6.45, 7) is 0. The van der Waals surface area contributed by atoms with E-state index in [4.69, 9.17) is 11.5 Å². The number of fused-ring (bicyclic) bond motifs is 1. The van der Waals surface area contributed by atoms with Crippen LogP contribution in [-0.2, 0) is 12.8 Å². The maximum atomic E-state index is 5.74. The average Bonchev–Trinajstić information content (AvgIpc) is 2.43. The molecule has 0 atom stereocenters. The SMILES string of the molecule is Nc1ccc(Nc2cccc3c2CCCC3)nc1N. The minimum Gasteiger partial charge on any atom is -0.396 e. The van der Waals surface area contributed by atoms with Crippen molar-refractivity contribution >= 4 is 23.0 Å². The molecule has 1 aliphatic carbocycles. The number of aryl methyl sites for hydroxylation is 1. The monoisotopic (exact) mass is 254 g/mol. The first kappa shape index (κ1) is 11.8. The molecule has 0 bridgehead atoms. The van der Waals surface area contributed by atoms with Gasteiger partial charge in [0.25, 0.3) is 0 Å². The van der Waals surface area contributed by atoms with Crippen molar-refractivity contribution in [2.45, 2.75) is 25.7 Å². The average molecular weight is 254 g/mol. The predicted octanol–water partition coefficient (Wildman–Crippen LogP) is 2.87. The van der Waals surface area contributed by atoms with Crippen LogP contribution in [0.3, 0.4) is 0 Å². The van der Waals surface area contributed by atoms with Crippen LogP contribution in [0.5, 0.6) is 0 Å². The van der Waals surface area contributed by atoms with Gasteiger partial charge in [0.05, 0.1) is 5.69 Å². The van der Waals surface area contributed by atoms with Crippen LogP contribution in [0.15, 0.2) is 30.3 Å². The van der Waals surface area contributed by atoms with Crippen molar-refractivity contribution in [2.75, 3.05) is 16.8 Å². The summed E-state index contributed by atoms with van der Waals surface area (Å²) in [5.74, 6) is 1.11. The summed E-state index contributed by atoms with van der Waals surface area (Å²) in [4.78, 5) is 4.26. The lowest BCUT2D eigenvalue weighted by atomic mass is 9.90. The number of pyridine rings is 1. The fraction of sp³-hybridized carbons (Fsp3) is 0.267. The highest BCUT2D eigenvalue weighted by atomic mass is 15.0. The van der Waals surface area contributed by atoms with Gasteiger partial charge >= 0.3 is 0 Å². The molecule has 98 valence electrons. The molecule has 0 aliphatic heterocycles. The highest BCUT2D eigenvalue weighted by molar-refractivity contribution is 5.67. The number of aromatic nitrogens is 1. The molecular weight excluding hydrogens is 236 g/mol. The summed E-state index contributed by atoms with van der Waals surface area (Å²) in [6, 6.07) is 10.0. The fourth-order valence-electron chi connectivity index (χ4n) is 2.59. The van der Waals surface area contributed by atoms with Crippen LogP contribution in [0.1, 0.15) is 24.0 Å². The summed E-state index contributed by atoms with van der Waals surface area (Å²) < 4.78 is 0. The zero-order valence-corrected chi connectivity index (χ0v) is 10.8. The van der Waals surface area contributed by atoms with E-state index < -0.39 is 0 Å². The van der Waals surface area contributed by atoms with Crippen molar-refractivity contribution in [3.05, 3.63) is 41.5 Å². The third-order valence-electron chi connectivity index (χ3n) is 3.62. The smallest absolute Gasteiger partial charge is 0.149 e. The first-order chi connectivity index (χ1) is 9.24. The van der Waals surface area contributed by atoms with Crippen LogP contribution >= 0.6 is 0 Å². The molecule has 1 heterocycles. The van der Waals surface area contributed by atoms with Crippen molar-refractivity contribution in [3.63, 3.8) is 0 Å². The lowest BCUT2D eigenvalue weighted by Crippen LogP contribution is -2.07. The molecule has 0 saturated heterocycles. The lowest BCUT2D eigenvalue weighted by Gasteiger charge is -2.20. The van der Waals surface area contributed by atoms with Crippen molar-refractivity contribution in [2.24, 2.45) is 0 Å². The Kier molecular flexibility index (Phi) is 2.99. The van der Waals surface area contributed by atoms with Crippen LogP contribution in [0.2, 0.25) is 0 Å². The van der Waals surface area contributed by atoms with Crippen molar-refractivity contribution in [1.82, 2.24) is 4.98 Å². The van der Waals surface area contributed by atoms with Gasteiger partial charge in [-0.15, -0.1) is 0 Å². The Bertz CT molecular complexity index is 607. The van der Waals surface area contributed by atoms with E-state index in [-0.39, 0.29) is 0 Å². The second-order valence-electron chi connectivity index (χ2n) is 4.95. The molecule has 4 heteroatoms. The van der Waals surface area contributed by atoms with Gasteiger partial charge in [0.1, 0.15) is 11.6 Å². The van der Waals surface area contributed by atoms with Gasteiger partial charge in [-0.3, -0.25) is 0 Å². The molecule has 0 radical (unpaired) electrons. The standard InChI is InChI=1S/C15H18N4/c16-12-8-9-14(19-15(12)17)18-13-7-3-5-10-4-1-2-6-11(10)13/h3,5,7-9H,1-2,4,6,16H2,(H3,17,18,19). The van der Waals surface area contributed by atoms with Crippen molar-refractivity contribution in [1.29, 1.82) is 0 Å². The third-order valence-corrected chi connectivity index (χ3v) is 3.62. The number of nitrogens with two attached hydrogens (primary N) is 2. The van der Waals surface area contributed by atoms with Gasteiger partial charge in [-0.25, -0.2) is 4.98 Å². The van der Waals surface area contributed by atoms with Gasteiger partial charge in [0, 0.05) is 5.69 Å². The number of hydrogen-bond donors (Lipinski definition) is 3. The number of nitrogens with one attached hydrogen (secondary N) is 1. The highest BCUT2D eigenvalue weighted by Crippen LogP contribution is 2.30. The van der Waals surface area contributed by atoms with E-state index >= 15 is 0 Å². The number of hydrogen-bond acceptors (Lipinski definition) is 4. The molecule has 0 spiro atoms. The minimum absolute atomic E-state index is 0.370. The van der Waals surface area contributed by atoms with E-state index in [1.54, 1.807) is 6.07 Å². The largest absolute Gasteiger partial charge is 0.396 e. The number of nitrogens with zero attached hydrogens (tertiary/aromatic N) is 1. The maximum absolute atomic E-state index is 5.74. The summed E-state index contributed by atoms with van der Waals surface area (Å²) in [7, 11) is 0. The molecule has 1 aromatic heterocycles. The highest BCUT2D eigenvalue weighted by Gasteiger charge is 2.13. The molecule has 5 N–H and O–H groups in total. The molecule has 4 nitrogen and oxygen atoms in total. The summed E-state index contributed by atoms with van der Waals surface area (Å²) >= 11 is 0. The van der Waals surface area contributed by atoms with Gasteiger partial charge in [-0.05, 0) is 55.0 Å². The van der Waals surface area contributed by atoms with Crippen LogP contribution in [0, 0.1) is 0 Å². The van der Waals surface area contributed by atoms with Gasteiger partial charge < -0.3 is 16.8 Å². The molecule has 1 aromatic carbocycles. The van der Waals surface area contributed by atoms with Crippen LogP contribution in [0.4, 0.5) is 23.0 Å². The fourth-order valence-corrected chi connectivity index (χ4v) is 2.59. The Morgan fingerprint density at radius 3 is 2.68 bits per heavy atom. The van der Waals surface area contributed by atoms with E-state index in [9.17, 15) is 0 Å². The van der Waals surface area contributed by atoms with Crippen LogP contribution in [0.25, 0.3) is 0 Å². The number of nitrogen functional groups attached to an aromatic ring is 2. The first-order valence-corrected chi connectivity index (χ1v) is 6.64. The zero-order chi connectivity index (χ0) is 13.2. The van der Waals surface area contributed by atoms with E-state index in [2.05, 4.69) is 28.5 Å². The second kappa shape index (κ2) is 4.80. The van der Waals surface area contributed by atoms with Gasteiger partial charge in [-0.2, -0.15) is 0 Å². The third kappa shape index (κ3) is 2.34. The Labute approximate surface area is 112 Å². The molecule has 0 amide bonds. The molecular formula is C15H18N4. The predicted molar refractivity (Wildman–Crippen MR) is 79.4 cm³/mol. The topological polar surface area (TPSA) is 77.0 Å². The summed E-state index contributed by atoms with van der Waals surface area (Å²) in [5.41, 5.74) is 15.9. The zero-order valence-electron chi connectivity index (χ0n) is 10.8. The minimum atomic E-state index is 0.370. The normalized spacial score (nSPS) is 13.9. The van der Waals surface area contributed by atoms with E-state index in [1.807, 2.05) is 6.07 Å². The number of rotatable bonds is 2. The number of benzene rings is 1. The van der Waals surface area contributed by atoms with E-state index in [1.165, 1.54) is 30.4 Å². The Morgan fingerprint density at radius 2 is 1.84 bits per heavy atom. The Hall–Kier alpha value is -2.23. The first-order valence-electron chi connectivity index (χ1n) is 6.64. The van der Waals surface area contributed by atoms with Gasteiger partial charge in [0.2, 0.25) is 0 Å². The second-order valence-corrected chi connectivity index (χ2v) is 4.95. The molecule has 2 aromatic rings. The van der Waals surface area contributed by atoms with Crippen LogP contribution in [-0.4, -0.2) is 4.98 Å².